The molecule has 1 rings (SSSR count). The highest BCUT2D eigenvalue weighted by Gasteiger charge is 2.00. The molecule has 12 heavy (non-hydrogen) atoms. The van der Waals surface area contributed by atoms with E-state index < -0.39 is 0 Å². The Labute approximate surface area is 82.1 Å². The molecule has 0 aliphatic rings. The molecule has 0 unspecified atom stereocenters. The van der Waals surface area contributed by atoms with E-state index in [9.17, 15) is 0 Å². The van der Waals surface area contributed by atoms with Crippen molar-refractivity contribution >= 4 is 15.9 Å². The van der Waals surface area contributed by atoms with Gasteiger partial charge in [0.05, 0.1) is 0 Å². The van der Waals surface area contributed by atoms with E-state index in [-0.39, 0.29) is 0 Å². The number of hydrogen-bond acceptors (Lipinski definition) is 1. The maximum atomic E-state index is 5.55. The monoisotopic (exact) mass is 227 g/mol. The summed E-state index contributed by atoms with van der Waals surface area (Å²) in [4.78, 5) is 0. The van der Waals surface area contributed by atoms with Crippen LogP contribution in [0.2, 0.25) is 0 Å². The van der Waals surface area contributed by atoms with E-state index in [2.05, 4.69) is 41.1 Å². The predicted octanol–water partition coefficient (Wildman–Crippen LogP) is 2.59. The third-order valence-electron chi connectivity index (χ3n) is 1.88. The van der Waals surface area contributed by atoms with Crippen molar-refractivity contribution in [2.45, 2.75) is 13.3 Å². The molecule has 0 spiro atoms. The summed E-state index contributed by atoms with van der Waals surface area (Å²) >= 11 is 3.44. The summed E-state index contributed by atoms with van der Waals surface area (Å²) in [5, 5.41) is 0. The summed E-state index contributed by atoms with van der Waals surface area (Å²) < 4.78 is 1.14. The molecule has 2 N–H and O–H groups in total. The highest BCUT2D eigenvalue weighted by atomic mass is 79.9. The second-order valence-corrected chi connectivity index (χ2v) is 4.09. The van der Waals surface area contributed by atoms with Crippen LogP contribution in [0, 0.1) is 5.92 Å². The van der Waals surface area contributed by atoms with E-state index >= 15 is 0 Å². The van der Waals surface area contributed by atoms with Crippen LogP contribution in [0.4, 0.5) is 0 Å². The molecule has 1 nitrogen and oxygen atoms in total. The van der Waals surface area contributed by atoms with Crippen molar-refractivity contribution in [3.05, 3.63) is 34.3 Å². The quantitative estimate of drug-likeness (QED) is 0.845. The van der Waals surface area contributed by atoms with E-state index in [1.165, 1.54) is 5.56 Å². The molecule has 1 aromatic carbocycles. The molecular weight excluding hydrogens is 214 g/mol. The molecule has 0 fully saturated rings. The Morgan fingerprint density at radius 1 is 1.50 bits per heavy atom. The van der Waals surface area contributed by atoms with Gasteiger partial charge in [-0.1, -0.05) is 35.0 Å². The summed E-state index contributed by atoms with van der Waals surface area (Å²) in [7, 11) is 0. The van der Waals surface area contributed by atoms with Gasteiger partial charge in [-0.25, -0.2) is 0 Å². The van der Waals surface area contributed by atoms with Crippen LogP contribution in [0.1, 0.15) is 12.5 Å². The van der Waals surface area contributed by atoms with Crippen LogP contribution in [0.3, 0.4) is 0 Å². The number of hydrogen-bond donors (Lipinski definition) is 1. The van der Waals surface area contributed by atoms with Gasteiger partial charge in [-0.3, -0.25) is 0 Å². The second kappa shape index (κ2) is 4.63. The molecule has 2 heteroatoms. The van der Waals surface area contributed by atoms with Gasteiger partial charge >= 0.3 is 0 Å². The first kappa shape index (κ1) is 9.75. The van der Waals surface area contributed by atoms with Crippen LogP contribution in [-0.4, -0.2) is 6.54 Å². The summed E-state index contributed by atoms with van der Waals surface area (Å²) in [5.41, 5.74) is 6.90. The van der Waals surface area contributed by atoms with E-state index in [0.717, 1.165) is 17.4 Å². The van der Waals surface area contributed by atoms with Crippen LogP contribution in [0.15, 0.2) is 28.7 Å². The van der Waals surface area contributed by atoms with Gasteiger partial charge in [-0.05, 0) is 36.6 Å². The van der Waals surface area contributed by atoms with Crippen molar-refractivity contribution in [1.82, 2.24) is 0 Å². The van der Waals surface area contributed by atoms with Gasteiger partial charge in [0, 0.05) is 4.47 Å². The van der Waals surface area contributed by atoms with Crippen molar-refractivity contribution < 1.29 is 0 Å². The van der Waals surface area contributed by atoms with Crippen LogP contribution >= 0.6 is 15.9 Å². The Hall–Kier alpha value is -0.340. The molecule has 0 bridgehead atoms. The summed E-state index contributed by atoms with van der Waals surface area (Å²) in [5.74, 6) is 0.569. The topological polar surface area (TPSA) is 26.0 Å². The highest BCUT2D eigenvalue weighted by Crippen LogP contribution is 2.14. The van der Waals surface area contributed by atoms with Gasteiger partial charge in [0.1, 0.15) is 0 Å². The summed E-state index contributed by atoms with van der Waals surface area (Å²) in [6.45, 7) is 2.92. The third kappa shape index (κ3) is 2.95. The largest absolute Gasteiger partial charge is 0.330 e. The number of halogens is 1. The van der Waals surface area contributed by atoms with E-state index in [1.54, 1.807) is 0 Å². The van der Waals surface area contributed by atoms with E-state index in [4.69, 9.17) is 5.73 Å². The lowest BCUT2D eigenvalue weighted by Gasteiger charge is -2.07. The van der Waals surface area contributed by atoms with E-state index in [0.29, 0.717) is 5.92 Å². The highest BCUT2D eigenvalue weighted by molar-refractivity contribution is 9.10. The average Bonchev–Trinajstić information content (AvgIpc) is 2.04. The Kier molecular flexibility index (Phi) is 3.76. The van der Waals surface area contributed by atoms with Crippen LogP contribution < -0.4 is 5.73 Å². The zero-order valence-electron chi connectivity index (χ0n) is 7.26. The van der Waals surface area contributed by atoms with Gasteiger partial charge in [0.15, 0.2) is 0 Å². The van der Waals surface area contributed by atoms with Crippen molar-refractivity contribution in [3.63, 3.8) is 0 Å². The molecule has 0 saturated carbocycles. The number of nitrogens with two attached hydrogens (primary N) is 1. The van der Waals surface area contributed by atoms with Gasteiger partial charge in [0.25, 0.3) is 0 Å². The Balaban J connectivity index is 2.63. The molecule has 1 aromatic rings. The smallest absolute Gasteiger partial charge is 0.0177 e. The van der Waals surface area contributed by atoms with Crippen molar-refractivity contribution in [3.8, 4) is 0 Å². The number of benzene rings is 1. The number of rotatable bonds is 3. The lowest BCUT2D eigenvalue weighted by atomic mass is 10.0. The van der Waals surface area contributed by atoms with Crippen molar-refractivity contribution in [1.29, 1.82) is 0 Å². The van der Waals surface area contributed by atoms with Crippen molar-refractivity contribution in [2.75, 3.05) is 6.54 Å². The lowest BCUT2D eigenvalue weighted by molar-refractivity contribution is 0.593. The standard InChI is InChI=1S/C10H14BrN/c1-8(7-12)5-9-3-2-4-10(11)6-9/h2-4,6,8H,5,7,12H2,1H3/t8-/m1/s1. The predicted molar refractivity (Wildman–Crippen MR) is 56.1 cm³/mol. The normalized spacial score (nSPS) is 12.9. The Morgan fingerprint density at radius 3 is 2.83 bits per heavy atom. The molecule has 66 valence electrons. The maximum absolute atomic E-state index is 5.55. The van der Waals surface area contributed by atoms with Crippen LogP contribution in [0.5, 0.6) is 0 Å². The molecule has 0 saturated heterocycles. The third-order valence-corrected chi connectivity index (χ3v) is 2.37. The second-order valence-electron chi connectivity index (χ2n) is 3.17. The Morgan fingerprint density at radius 2 is 2.25 bits per heavy atom. The first-order chi connectivity index (χ1) is 5.72. The first-order valence-electron chi connectivity index (χ1n) is 4.17. The minimum absolute atomic E-state index is 0.569. The Bertz CT molecular complexity index is 247. The first-order valence-corrected chi connectivity index (χ1v) is 4.96. The van der Waals surface area contributed by atoms with Gasteiger partial charge < -0.3 is 5.73 Å². The van der Waals surface area contributed by atoms with Gasteiger partial charge in [0.2, 0.25) is 0 Å². The fourth-order valence-corrected chi connectivity index (χ4v) is 1.60. The molecule has 0 amide bonds. The fraction of sp³-hybridized carbons (Fsp3) is 0.400. The molecule has 0 aromatic heterocycles. The minimum atomic E-state index is 0.569. The molecular formula is C10H14BrN. The van der Waals surface area contributed by atoms with Gasteiger partial charge in [-0.15, -0.1) is 0 Å². The molecule has 0 radical (unpaired) electrons. The summed E-state index contributed by atoms with van der Waals surface area (Å²) in [6, 6.07) is 8.38. The van der Waals surface area contributed by atoms with Crippen molar-refractivity contribution in [2.24, 2.45) is 11.7 Å². The molecule has 0 heterocycles. The van der Waals surface area contributed by atoms with Gasteiger partial charge in [-0.2, -0.15) is 0 Å². The molecule has 0 aliphatic carbocycles. The SMILES string of the molecule is C[C@@H](CN)Cc1cccc(Br)c1. The zero-order chi connectivity index (χ0) is 8.97. The zero-order valence-corrected chi connectivity index (χ0v) is 8.84. The van der Waals surface area contributed by atoms with E-state index in [1.807, 2.05) is 6.07 Å². The minimum Gasteiger partial charge on any atom is -0.330 e. The lowest BCUT2D eigenvalue weighted by Crippen LogP contribution is -2.12. The van der Waals surface area contributed by atoms with Crippen LogP contribution in [-0.2, 0) is 6.42 Å². The molecule has 0 aliphatic heterocycles. The van der Waals surface area contributed by atoms with Crippen LogP contribution in [0.25, 0.3) is 0 Å². The fourth-order valence-electron chi connectivity index (χ4n) is 1.15. The molecule has 1 atom stereocenters. The maximum Gasteiger partial charge on any atom is 0.0177 e. The average molecular weight is 228 g/mol. The summed E-state index contributed by atoms with van der Waals surface area (Å²) in [6.07, 6.45) is 1.07.